The molecule has 2 aromatic rings. The monoisotopic (exact) mass is 302 g/mol. The van der Waals surface area contributed by atoms with E-state index in [4.69, 9.17) is 5.73 Å². The molecule has 0 atom stereocenters. The largest absolute Gasteiger partial charge is 0.399 e. The third-order valence-electron chi connectivity index (χ3n) is 2.75. The van der Waals surface area contributed by atoms with Crippen molar-refractivity contribution >= 4 is 29.0 Å². The fourth-order valence-corrected chi connectivity index (χ4v) is 2.50. The summed E-state index contributed by atoms with van der Waals surface area (Å²) in [4.78, 5) is 20.3. The molecular weight excluding hydrogens is 284 g/mol. The first-order valence-corrected chi connectivity index (χ1v) is 7.70. The zero-order valence-corrected chi connectivity index (χ0v) is 12.7. The molecule has 0 fully saturated rings. The van der Waals surface area contributed by atoms with Crippen molar-refractivity contribution in [1.29, 1.82) is 0 Å². The number of thioether (sulfide) groups is 1. The van der Waals surface area contributed by atoms with Crippen LogP contribution in [-0.4, -0.2) is 21.6 Å². The molecule has 1 aromatic carbocycles. The molecule has 0 bridgehead atoms. The molecular formula is C15H18N4OS. The van der Waals surface area contributed by atoms with Gasteiger partial charge in [0.1, 0.15) is 0 Å². The van der Waals surface area contributed by atoms with E-state index in [9.17, 15) is 4.79 Å². The second kappa shape index (κ2) is 7.64. The summed E-state index contributed by atoms with van der Waals surface area (Å²) in [6.07, 6.45) is 3.00. The van der Waals surface area contributed by atoms with Crippen molar-refractivity contribution in [2.75, 3.05) is 16.8 Å². The summed E-state index contributed by atoms with van der Waals surface area (Å²) >= 11 is 1.57. The van der Waals surface area contributed by atoms with Gasteiger partial charge in [0, 0.05) is 35.4 Å². The standard InChI is InChI=1S/C15H18N4OS/c1-11-8-9-17-15(18-11)21-10-2-3-14(20)19-13-6-4-12(16)5-7-13/h4-9H,2-3,10,16H2,1H3,(H,19,20). The fourth-order valence-electron chi connectivity index (χ4n) is 1.68. The molecule has 6 heteroatoms. The number of aromatic nitrogens is 2. The number of hydrogen-bond donors (Lipinski definition) is 2. The number of carbonyl (C=O) groups excluding carboxylic acids is 1. The lowest BCUT2D eigenvalue weighted by Gasteiger charge is -2.05. The summed E-state index contributed by atoms with van der Waals surface area (Å²) in [7, 11) is 0. The number of carbonyl (C=O) groups is 1. The highest BCUT2D eigenvalue weighted by atomic mass is 32.2. The molecule has 110 valence electrons. The van der Waals surface area contributed by atoms with Gasteiger partial charge >= 0.3 is 0 Å². The predicted octanol–water partition coefficient (Wildman–Crippen LogP) is 2.88. The number of hydrogen-bond acceptors (Lipinski definition) is 5. The molecule has 0 radical (unpaired) electrons. The molecule has 21 heavy (non-hydrogen) atoms. The first-order chi connectivity index (χ1) is 10.1. The minimum atomic E-state index is 0.00512. The Hall–Kier alpha value is -2.08. The second-order valence-corrected chi connectivity index (χ2v) is 5.66. The van der Waals surface area contributed by atoms with Crippen LogP contribution in [0.3, 0.4) is 0 Å². The lowest BCUT2D eigenvalue weighted by molar-refractivity contribution is -0.116. The Labute approximate surface area is 128 Å². The minimum absolute atomic E-state index is 0.00512. The smallest absolute Gasteiger partial charge is 0.224 e. The van der Waals surface area contributed by atoms with E-state index >= 15 is 0 Å². The summed E-state index contributed by atoms with van der Waals surface area (Å²) in [5.74, 6) is 0.823. The molecule has 0 aliphatic rings. The van der Waals surface area contributed by atoms with Gasteiger partial charge in [-0.3, -0.25) is 4.79 Å². The number of rotatable bonds is 6. The van der Waals surface area contributed by atoms with Crippen LogP contribution in [0, 0.1) is 6.92 Å². The zero-order valence-electron chi connectivity index (χ0n) is 11.9. The Balaban J connectivity index is 1.68. The average Bonchev–Trinajstić information content (AvgIpc) is 2.46. The van der Waals surface area contributed by atoms with Crippen molar-refractivity contribution in [3.05, 3.63) is 42.2 Å². The van der Waals surface area contributed by atoms with Gasteiger partial charge in [0.2, 0.25) is 5.91 Å². The molecule has 0 saturated carbocycles. The molecule has 1 heterocycles. The van der Waals surface area contributed by atoms with Crippen LogP contribution in [0.4, 0.5) is 11.4 Å². The maximum atomic E-state index is 11.8. The number of nitrogens with zero attached hydrogens (tertiary/aromatic N) is 2. The van der Waals surface area contributed by atoms with Crippen molar-refractivity contribution in [1.82, 2.24) is 9.97 Å². The van der Waals surface area contributed by atoms with E-state index in [1.54, 1.807) is 42.2 Å². The lowest BCUT2D eigenvalue weighted by Crippen LogP contribution is -2.11. The Morgan fingerprint density at radius 3 is 2.76 bits per heavy atom. The van der Waals surface area contributed by atoms with Crippen molar-refractivity contribution in [3.8, 4) is 0 Å². The van der Waals surface area contributed by atoms with Gasteiger partial charge in [-0.25, -0.2) is 9.97 Å². The van der Waals surface area contributed by atoms with E-state index in [0.717, 1.165) is 28.7 Å². The van der Waals surface area contributed by atoms with Crippen LogP contribution in [0.5, 0.6) is 0 Å². The summed E-state index contributed by atoms with van der Waals surface area (Å²) in [6.45, 7) is 1.94. The molecule has 0 spiro atoms. The Bertz CT molecular complexity index is 601. The van der Waals surface area contributed by atoms with Crippen LogP contribution < -0.4 is 11.1 Å². The molecule has 1 amide bonds. The van der Waals surface area contributed by atoms with Gasteiger partial charge in [0.25, 0.3) is 0 Å². The van der Waals surface area contributed by atoms with Crippen LogP contribution in [0.2, 0.25) is 0 Å². The van der Waals surface area contributed by atoms with Crippen LogP contribution in [0.1, 0.15) is 18.5 Å². The number of aryl methyl sites for hydroxylation is 1. The molecule has 5 nitrogen and oxygen atoms in total. The van der Waals surface area contributed by atoms with Crippen molar-refractivity contribution in [2.45, 2.75) is 24.9 Å². The maximum Gasteiger partial charge on any atom is 0.224 e. The van der Waals surface area contributed by atoms with Gasteiger partial charge < -0.3 is 11.1 Å². The zero-order chi connectivity index (χ0) is 15.1. The highest BCUT2D eigenvalue weighted by molar-refractivity contribution is 7.99. The number of nitrogens with two attached hydrogens (primary N) is 1. The number of nitrogen functional groups attached to an aromatic ring is 1. The van der Waals surface area contributed by atoms with Crippen molar-refractivity contribution < 1.29 is 4.79 Å². The SMILES string of the molecule is Cc1ccnc(SCCCC(=O)Nc2ccc(N)cc2)n1. The maximum absolute atomic E-state index is 11.8. The van der Waals surface area contributed by atoms with E-state index in [2.05, 4.69) is 15.3 Å². The summed E-state index contributed by atoms with van der Waals surface area (Å²) in [5, 5.41) is 3.60. The quantitative estimate of drug-likeness (QED) is 0.371. The van der Waals surface area contributed by atoms with E-state index in [-0.39, 0.29) is 5.91 Å². The number of benzene rings is 1. The highest BCUT2D eigenvalue weighted by Crippen LogP contribution is 2.15. The van der Waals surface area contributed by atoms with Crippen molar-refractivity contribution in [2.24, 2.45) is 0 Å². The summed E-state index contributed by atoms with van der Waals surface area (Å²) in [6, 6.07) is 8.98. The van der Waals surface area contributed by atoms with Gasteiger partial charge in [-0.1, -0.05) is 11.8 Å². The molecule has 0 saturated heterocycles. The van der Waals surface area contributed by atoms with Gasteiger partial charge in [-0.2, -0.15) is 0 Å². The highest BCUT2D eigenvalue weighted by Gasteiger charge is 2.03. The van der Waals surface area contributed by atoms with Gasteiger partial charge in [-0.15, -0.1) is 0 Å². The minimum Gasteiger partial charge on any atom is -0.399 e. The van der Waals surface area contributed by atoms with E-state index < -0.39 is 0 Å². The van der Waals surface area contributed by atoms with E-state index in [1.807, 2.05) is 13.0 Å². The third-order valence-corrected chi connectivity index (χ3v) is 3.69. The van der Waals surface area contributed by atoms with Crippen LogP contribution in [-0.2, 0) is 4.79 Å². The van der Waals surface area contributed by atoms with Gasteiger partial charge in [0.15, 0.2) is 5.16 Å². The van der Waals surface area contributed by atoms with E-state index in [0.29, 0.717) is 12.1 Å². The number of nitrogens with one attached hydrogen (secondary N) is 1. The average molecular weight is 302 g/mol. The Kier molecular flexibility index (Phi) is 5.57. The van der Waals surface area contributed by atoms with Gasteiger partial charge in [0.05, 0.1) is 0 Å². The Morgan fingerprint density at radius 1 is 1.29 bits per heavy atom. The molecule has 0 aliphatic carbocycles. The first-order valence-electron chi connectivity index (χ1n) is 6.71. The number of anilines is 2. The third kappa shape index (κ3) is 5.43. The summed E-state index contributed by atoms with van der Waals surface area (Å²) in [5.41, 5.74) is 8.00. The lowest BCUT2D eigenvalue weighted by atomic mass is 10.2. The second-order valence-electron chi connectivity index (χ2n) is 4.60. The van der Waals surface area contributed by atoms with Crippen molar-refractivity contribution in [3.63, 3.8) is 0 Å². The molecule has 3 N–H and O–H groups in total. The topological polar surface area (TPSA) is 80.9 Å². The van der Waals surface area contributed by atoms with Crippen LogP contribution >= 0.6 is 11.8 Å². The van der Waals surface area contributed by atoms with Crippen LogP contribution in [0.25, 0.3) is 0 Å². The normalized spacial score (nSPS) is 10.3. The Morgan fingerprint density at radius 2 is 2.05 bits per heavy atom. The summed E-state index contributed by atoms with van der Waals surface area (Å²) < 4.78 is 0. The molecule has 0 aliphatic heterocycles. The van der Waals surface area contributed by atoms with Gasteiger partial charge in [-0.05, 0) is 43.7 Å². The first kappa shape index (κ1) is 15.3. The molecule has 0 unspecified atom stereocenters. The fraction of sp³-hybridized carbons (Fsp3) is 0.267. The predicted molar refractivity (Wildman–Crippen MR) is 86.2 cm³/mol. The van der Waals surface area contributed by atoms with Crippen LogP contribution in [0.15, 0.2) is 41.7 Å². The number of amides is 1. The molecule has 1 aromatic heterocycles. The van der Waals surface area contributed by atoms with E-state index in [1.165, 1.54) is 0 Å². The molecule has 2 rings (SSSR count).